The Balaban J connectivity index is 2.41. The lowest BCUT2D eigenvalue weighted by atomic mass is 10.3. The van der Waals surface area contributed by atoms with Crippen molar-refractivity contribution in [1.29, 1.82) is 0 Å². The smallest absolute Gasteiger partial charge is 0.267 e. The van der Waals surface area contributed by atoms with Crippen LogP contribution in [-0.4, -0.2) is 30.3 Å². The van der Waals surface area contributed by atoms with E-state index in [4.69, 9.17) is 10.5 Å². The average Bonchev–Trinajstić information content (AvgIpc) is 2.80. The van der Waals surface area contributed by atoms with Gasteiger partial charge in [-0.25, -0.2) is 8.42 Å². The standard InChI is InChI=1S/C8H9N5O3S2/c1-16-6-4-5(9)2-3-7(6)18(14,15)11-8-10-12-13-17-8/h2-4H,9H2,1H3,(H,10,11,13). The van der Waals surface area contributed by atoms with E-state index < -0.39 is 10.0 Å². The minimum Gasteiger partial charge on any atom is -0.495 e. The monoisotopic (exact) mass is 287 g/mol. The number of ether oxygens (including phenoxy) is 1. The third-order valence-corrected chi connectivity index (χ3v) is 4.02. The summed E-state index contributed by atoms with van der Waals surface area (Å²) in [6.07, 6.45) is 0. The van der Waals surface area contributed by atoms with E-state index in [9.17, 15) is 8.42 Å². The Morgan fingerprint density at radius 3 is 2.83 bits per heavy atom. The van der Waals surface area contributed by atoms with E-state index in [1.54, 1.807) is 0 Å². The van der Waals surface area contributed by atoms with Crippen LogP contribution in [0.1, 0.15) is 0 Å². The van der Waals surface area contributed by atoms with Crippen molar-refractivity contribution in [2.45, 2.75) is 4.90 Å². The molecule has 0 bridgehead atoms. The van der Waals surface area contributed by atoms with Gasteiger partial charge < -0.3 is 10.5 Å². The minimum absolute atomic E-state index is 0.0330. The number of anilines is 2. The van der Waals surface area contributed by atoms with Crippen LogP contribution in [0, 0.1) is 0 Å². The lowest BCUT2D eigenvalue weighted by molar-refractivity contribution is 0.403. The van der Waals surface area contributed by atoms with E-state index >= 15 is 0 Å². The van der Waals surface area contributed by atoms with Gasteiger partial charge in [0.15, 0.2) is 0 Å². The van der Waals surface area contributed by atoms with Gasteiger partial charge in [-0.15, -0.1) is 0 Å². The number of nitrogens with two attached hydrogens (primary N) is 1. The quantitative estimate of drug-likeness (QED) is 0.777. The summed E-state index contributed by atoms with van der Waals surface area (Å²) < 4.78 is 34.8. The van der Waals surface area contributed by atoms with Crippen LogP contribution in [-0.2, 0) is 10.0 Å². The summed E-state index contributed by atoms with van der Waals surface area (Å²) in [5.74, 6) is 0.153. The summed E-state index contributed by atoms with van der Waals surface area (Å²) in [5.41, 5.74) is 5.96. The van der Waals surface area contributed by atoms with E-state index in [2.05, 4.69) is 19.5 Å². The van der Waals surface area contributed by atoms with Gasteiger partial charge in [-0.05, 0) is 17.3 Å². The first-order chi connectivity index (χ1) is 8.53. The number of nitrogens with zero attached hydrogens (tertiary/aromatic N) is 3. The molecular weight excluding hydrogens is 278 g/mol. The van der Waals surface area contributed by atoms with E-state index in [0.29, 0.717) is 5.69 Å². The molecule has 0 atom stereocenters. The lowest BCUT2D eigenvalue weighted by Crippen LogP contribution is -2.14. The molecule has 2 rings (SSSR count). The number of benzene rings is 1. The molecule has 96 valence electrons. The number of sulfonamides is 1. The van der Waals surface area contributed by atoms with Gasteiger partial charge in [-0.3, -0.25) is 4.72 Å². The molecule has 0 saturated heterocycles. The van der Waals surface area contributed by atoms with E-state index in [1.807, 2.05) is 0 Å². The molecule has 0 unspecified atom stereocenters. The molecule has 0 amide bonds. The van der Waals surface area contributed by atoms with Gasteiger partial charge in [0, 0.05) is 23.3 Å². The van der Waals surface area contributed by atoms with Gasteiger partial charge in [0.05, 0.1) is 7.11 Å². The van der Waals surface area contributed by atoms with Gasteiger partial charge in [0.2, 0.25) is 5.13 Å². The van der Waals surface area contributed by atoms with Gasteiger partial charge in [0.25, 0.3) is 10.0 Å². The first-order valence-electron chi connectivity index (χ1n) is 4.64. The summed E-state index contributed by atoms with van der Waals surface area (Å²) in [7, 11) is -2.44. The Morgan fingerprint density at radius 2 is 2.22 bits per heavy atom. The van der Waals surface area contributed by atoms with E-state index in [-0.39, 0.29) is 15.8 Å². The normalized spacial score (nSPS) is 11.2. The molecule has 1 heterocycles. The third-order valence-electron chi connectivity index (χ3n) is 2.00. The van der Waals surface area contributed by atoms with Crippen LogP contribution in [0.5, 0.6) is 5.75 Å². The third kappa shape index (κ3) is 2.49. The number of nitrogens with one attached hydrogen (secondary N) is 1. The maximum atomic E-state index is 12.1. The Morgan fingerprint density at radius 1 is 1.44 bits per heavy atom. The molecule has 18 heavy (non-hydrogen) atoms. The number of hydrogen-bond acceptors (Lipinski definition) is 8. The van der Waals surface area contributed by atoms with Gasteiger partial charge in [-0.2, -0.15) is 0 Å². The number of methoxy groups -OCH3 is 1. The second-order valence-electron chi connectivity index (χ2n) is 3.18. The van der Waals surface area contributed by atoms with Crippen LogP contribution in [0.2, 0.25) is 0 Å². The fourth-order valence-corrected chi connectivity index (χ4v) is 2.99. The molecule has 10 heteroatoms. The summed E-state index contributed by atoms with van der Waals surface area (Å²) in [6.45, 7) is 0. The van der Waals surface area contributed by atoms with Crippen LogP contribution in [0.4, 0.5) is 10.8 Å². The van der Waals surface area contributed by atoms with Crippen LogP contribution < -0.4 is 15.2 Å². The van der Waals surface area contributed by atoms with Crippen molar-refractivity contribution >= 4 is 32.4 Å². The van der Waals surface area contributed by atoms with Crippen molar-refractivity contribution in [3.05, 3.63) is 18.2 Å². The lowest BCUT2D eigenvalue weighted by Gasteiger charge is -2.09. The first-order valence-corrected chi connectivity index (χ1v) is 6.90. The van der Waals surface area contributed by atoms with Crippen molar-refractivity contribution in [2.75, 3.05) is 17.6 Å². The predicted octanol–water partition coefficient (Wildman–Crippen LogP) is 0.325. The number of hydrogen-bond donors (Lipinski definition) is 2. The minimum atomic E-state index is -3.81. The van der Waals surface area contributed by atoms with Crippen LogP contribution in [0.25, 0.3) is 0 Å². The Bertz CT molecular complexity index is 641. The van der Waals surface area contributed by atoms with Gasteiger partial charge in [0.1, 0.15) is 10.6 Å². The van der Waals surface area contributed by atoms with E-state index in [1.165, 1.54) is 25.3 Å². The molecule has 3 N–H and O–H groups in total. The van der Waals surface area contributed by atoms with Crippen molar-refractivity contribution in [3.63, 3.8) is 0 Å². The highest BCUT2D eigenvalue weighted by Crippen LogP contribution is 2.27. The highest BCUT2D eigenvalue weighted by Gasteiger charge is 2.21. The molecule has 0 saturated carbocycles. The molecule has 1 aromatic carbocycles. The Kier molecular flexibility index (Phi) is 3.30. The highest BCUT2D eigenvalue weighted by atomic mass is 32.2. The van der Waals surface area contributed by atoms with Crippen LogP contribution >= 0.6 is 11.5 Å². The zero-order chi connectivity index (χ0) is 13.2. The molecule has 0 aliphatic heterocycles. The van der Waals surface area contributed by atoms with Crippen LogP contribution in [0.15, 0.2) is 23.1 Å². The summed E-state index contributed by atoms with van der Waals surface area (Å²) in [4.78, 5) is -0.0330. The molecule has 0 aliphatic carbocycles. The van der Waals surface area contributed by atoms with Crippen molar-refractivity contribution in [1.82, 2.24) is 14.8 Å². The zero-order valence-electron chi connectivity index (χ0n) is 9.19. The molecule has 8 nitrogen and oxygen atoms in total. The van der Waals surface area contributed by atoms with E-state index in [0.717, 1.165) is 11.5 Å². The second kappa shape index (κ2) is 4.74. The second-order valence-corrected chi connectivity index (χ2v) is 5.57. The average molecular weight is 287 g/mol. The molecule has 1 aromatic heterocycles. The Labute approximate surface area is 107 Å². The number of aromatic nitrogens is 3. The largest absolute Gasteiger partial charge is 0.495 e. The summed E-state index contributed by atoms with van der Waals surface area (Å²) >= 11 is 0.833. The number of rotatable bonds is 4. The fraction of sp³-hybridized carbons (Fsp3) is 0.125. The number of nitrogen functional groups attached to an aromatic ring is 1. The fourth-order valence-electron chi connectivity index (χ4n) is 1.25. The van der Waals surface area contributed by atoms with Crippen molar-refractivity contribution < 1.29 is 13.2 Å². The molecule has 0 aliphatic rings. The topological polar surface area (TPSA) is 120 Å². The first kappa shape index (κ1) is 12.5. The highest BCUT2D eigenvalue weighted by molar-refractivity contribution is 7.93. The SMILES string of the molecule is COc1cc(N)ccc1S(=O)(=O)Nc1nnns1. The van der Waals surface area contributed by atoms with Crippen LogP contribution in [0.3, 0.4) is 0 Å². The molecule has 0 radical (unpaired) electrons. The maximum absolute atomic E-state index is 12.1. The van der Waals surface area contributed by atoms with Gasteiger partial charge in [-0.1, -0.05) is 9.59 Å². The maximum Gasteiger partial charge on any atom is 0.267 e. The van der Waals surface area contributed by atoms with Crippen molar-refractivity contribution in [2.24, 2.45) is 0 Å². The predicted molar refractivity (Wildman–Crippen MR) is 65.9 cm³/mol. The summed E-state index contributed by atoms with van der Waals surface area (Å²) in [5, 5.41) is 6.88. The molecule has 0 spiro atoms. The molecule has 2 aromatic rings. The zero-order valence-corrected chi connectivity index (χ0v) is 10.8. The Hall–Kier alpha value is -1.94. The molecule has 0 fully saturated rings. The summed E-state index contributed by atoms with van der Waals surface area (Å²) in [6, 6.07) is 4.24. The molecular formula is C8H9N5O3S2. The van der Waals surface area contributed by atoms with Crippen molar-refractivity contribution in [3.8, 4) is 5.75 Å². The van der Waals surface area contributed by atoms with Gasteiger partial charge >= 0.3 is 0 Å².